The van der Waals surface area contributed by atoms with Gasteiger partial charge in [-0.2, -0.15) is 0 Å². The summed E-state index contributed by atoms with van der Waals surface area (Å²) >= 11 is 0. The number of nitrogens with zero attached hydrogens (tertiary/aromatic N) is 1. The lowest BCUT2D eigenvalue weighted by atomic mass is 10.0. The highest BCUT2D eigenvalue weighted by molar-refractivity contribution is 5.71. The second kappa shape index (κ2) is 4.65. The Hall–Kier alpha value is -2.36. The quantitative estimate of drug-likeness (QED) is 0.599. The molecule has 0 aliphatic carbocycles. The molecule has 0 fully saturated rings. The highest BCUT2D eigenvalue weighted by Crippen LogP contribution is 2.30. The molecule has 0 atom stereocenters. The average molecular weight is 228 g/mol. The standard InChI is InChI=1S/C13H10NO3/c1-17-13-8-3-2-7-12(13)10-5-4-6-11(9-10)14(15)16/h2-6,8-9H,1H3. The van der Waals surface area contributed by atoms with Gasteiger partial charge in [-0.1, -0.05) is 24.3 Å². The number of nitro groups is 1. The average Bonchev–Trinajstić information content (AvgIpc) is 2.39. The van der Waals surface area contributed by atoms with Gasteiger partial charge in [0.25, 0.3) is 5.69 Å². The monoisotopic (exact) mass is 228 g/mol. The van der Waals surface area contributed by atoms with Gasteiger partial charge in [0.15, 0.2) is 0 Å². The first-order valence-electron chi connectivity index (χ1n) is 5.02. The lowest BCUT2D eigenvalue weighted by Crippen LogP contribution is -1.90. The van der Waals surface area contributed by atoms with E-state index in [1.165, 1.54) is 12.1 Å². The Morgan fingerprint density at radius 3 is 2.82 bits per heavy atom. The highest BCUT2D eigenvalue weighted by atomic mass is 16.6. The summed E-state index contributed by atoms with van der Waals surface area (Å²) in [4.78, 5) is 10.3. The molecule has 0 aliphatic rings. The molecule has 0 bridgehead atoms. The second-order valence-corrected chi connectivity index (χ2v) is 3.42. The van der Waals surface area contributed by atoms with Crippen molar-refractivity contribution in [1.82, 2.24) is 0 Å². The molecule has 0 heterocycles. The maximum absolute atomic E-state index is 10.7. The fourth-order valence-corrected chi connectivity index (χ4v) is 1.59. The molecule has 0 aliphatic heterocycles. The maximum atomic E-state index is 10.7. The Labute approximate surface area is 98.6 Å². The molecule has 0 spiro atoms. The summed E-state index contributed by atoms with van der Waals surface area (Å²) in [6.07, 6.45) is 0. The van der Waals surface area contributed by atoms with Crippen molar-refractivity contribution in [3.63, 3.8) is 0 Å². The van der Waals surface area contributed by atoms with Crippen molar-refractivity contribution in [2.45, 2.75) is 0 Å². The lowest BCUT2D eigenvalue weighted by molar-refractivity contribution is -0.384. The van der Waals surface area contributed by atoms with E-state index in [9.17, 15) is 10.1 Å². The van der Waals surface area contributed by atoms with Crippen LogP contribution in [0.3, 0.4) is 0 Å². The Balaban J connectivity index is 2.52. The van der Waals surface area contributed by atoms with E-state index >= 15 is 0 Å². The number of benzene rings is 2. The van der Waals surface area contributed by atoms with Crippen molar-refractivity contribution in [3.05, 3.63) is 58.6 Å². The molecule has 1 radical (unpaired) electrons. The van der Waals surface area contributed by atoms with Crippen molar-refractivity contribution in [3.8, 4) is 16.9 Å². The van der Waals surface area contributed by atoms with Crippen LogP contribution in [0.2, 0.25) is 0 Å². The van der Waals surface area contributed by atoms with E-state index < -0.39 is 4.92 Å². The van der Waals surface area contributed by atoms with Gasteiger partial charge < -0.3 is 4.74 Å². The van der Waals surface area contributed by atoms with E-state index in [1.807, 2.05) is 0 Å². The van der Waals surface area contributed by atoms with Gasteiger partial charge in [-0.3, -0.25) is 10.1 Å². The predicted octanol–water partition coefficient (Wildman–Crippen LogP) is 3.07. The number of hydrogen-bond acceptors (Lipinski definition) is 3. The number of hydrogen-bond donors (Lipinski definition) is 0. The summed E-state index contributed by atoms with van der Waals surface area (Å²) < 4.78 is 5.20. The van der Waals surface area contributed by atoms with Gasteiger partial charge in [-0.05, 0) is 17.7 Å². The Bertz CT molecular complexity index is 552. The fourth-order valence-electron chi connectivity index (χ4n) is 1.59. The van der Waals surface area contributed by atoms with Crippen LogP contribution in [0.5, 0.6) is 5.75 Å². The molecule has 0 aromatic heterocycles. The summed E-state index contributed by atoms with van der Waals surface area (Å²) in [5.41, 5.74) is 1.50. The summed E-state index contributed by atoms with van der Waals surface area (Å²) in [7, 11) is 1.56. The normalized spacial score (nSPS) is 9.94. The van der Waals surface area contributed by atoms with Crippen LogP contribution < -0.4 is 4.74 Å². The van der Waals surface area contributed by atoms with Crippen LogP contribution in [0.4, 0.5) is 5.69 Å². The summed E-state index contributed by atoms with van der Waals surface area (Å²) in [6.45, 7) is 0. The first kappa shape index (κ1) is 11.1. The van der Waals surface area contributed by atoms with Gasteiger partial charge in [0, 0.05) is 17.7 Å². The minimum absolute atomic E-state index is 0.0572. The first-order chi connectivity index (χ1) is 8.22. The van der Waals surface area contributed by atoms with Crippen LogP contribution in [0, 0.1) is 16.2 Å². The molecule has 0 unspecified atom stereocenters. The highest BCUT2D eigenvalue weighted by Gasteiger charge is 2.10. The number of rotatable bonds is 3. The molecule has 0 saturated carbocycles. The zero-order chi connectivity index (χ0) is 12.3. The zero-order valence-electron chi connectivity index (χ0n) is 9.21. The third-order valence-electron chi connectivity index (χ3n) is 2.38. The zero-order valence-corrected chi connectivity index (χ0v) is 9.21. The molecular formula is C13H10NO3. The minimum Gasteiger partial charge on any atom is -0.496 e. The molecule has 17 heavy (non-hydrogen) atoms. The summed E-state index contributed by atoms with van der Waals surface area (Å²) in [5.74, 6) is 0.646. The van der Waals surface area contributed by atoms with Crippen LogP contribution in [0.1, 0.15) is 0 Å². The Morgan fingerprint density at radius 2 is 2.12 bits per heavy atom. The second-order valence-electron chi connectivity index (χ2n) is 3.42. The largest absolute Gasteiger partial charge is 0.496 e. The van der Waals surface area contributed by atoms with E-state index in [1.54, 1.807) is 37.4 Å². The van der Waals surface area contributed by atoms with E-state index in [-0.39, 0.29) is 5.69 Å². The Morgan fingerprint density at radius 1 is 1.29 bits per heavy atom. The molecule has 4 nitrogen and oxygen atoms in total. The van der Waals surface area contributed by atoms with Gasteiger partial charge in [0.2, 0.25) is 0 Å². The molecule has 85 valence electrons. The molecule has 0 N–H and O–H groups in total. The fraction of sp³-hybridized carbons (Fsp3) is 0.0769. The molecular weight excluding hydrogens is 218 g/mol. The van der Waals surface area contributed by atoms with E-state index in [0.717, 1.165) is 11.1 Å². The molecule has 0 saturated heterocycles. The summed E-state index contributed by atoms with van der Waals surface area (Å²) in [6, 6.07) is 14.8. The number of methoxy groups -OCH3 is 1. The van der Waals surface area contributed by atoms with Crippen molar-refractivity contribution >= 4 is 5.69 Å². The van der Waals surface area contributed by atoms with Crippen molar-refractivity contribution in [1.29, 1.82) is 0 Å². The third kappa shape index (κ3) is 2.25. The van der Waals surface area contributed by atoms with Crippen LogP contribution in [0.25, 0.3) is 11.1 Å². The molecule has 2 aromatic rings. The molecule has 2 aromatic carbocycles. The van der Waals surface area contributed by atoms with Gasteiger partial charge in [0.05, 0.1) is 12.0 Å². The lowest BCUT2D eigenvalue weighted by Gasteiger charge is -2.07. The van der Waals surface area contributed by atoms with Gasteiger partial charge in [0.1, 0.15) is 5.75 Å². The predicted molar refractivity (Wildman–Crippen MR) is 63.9 cm³/mol. The number of ether oxygens (including phenoxy) is 1. The van der Waals surface area contributed by atoms with E-state index in [2.05, 4.69) is 6.07 Å². The molecule has 4 heteroatoms. The van der Waals surface area contributed by atoms with Crippen molar-refractivity contribution in [2.75, 3.05) is 7.11 Å². The van der Waals surface area contributed by atoms with Crippen LogP contribution in [-0.2, 0) is 0 Å². The summed E-state index contributed by atoms with van der Waals surface area (Å²) in [5, 5.41) is 10.7. The third-order valence-corrected chi connectivity index (χ3v) is 2.38. The Kier molecular flexibility index (Phi) is 3.05. The molecule has 0 amide bonds. The van der Waals surface area contributed by atoms with E-state index in [4.69, 9.17) is 4.74 Å². The smallest absolute Gasteiger partial charge is 0.270 e. The minimum atomic E-state index is -0.418. The maximum Gasteiger partial charge on any atom is 0.270 e. The van der Waals surface area contributed by atoms with Gasteiger partial charge >= 0.3 is 0 Å². The van der Waals surface area contributed by atoms with Crippen LogP contribution >= 0.6 is 0 Å². The first-order valence-corrected chi connectivity index (χ1v) is 5.02. The van der Waals surface area contributed by atoms with Gasteiger partial charge in [-0.15, -0.1) is 0 Å². The van der Waals surface area contributed by atoms with E-state index in [0.29, 0.717) is 5.75 Å². The number of non-ortho nitro benzene ring substituents is 1. The van der Waals surface area contributed by atoms with Crippen molar-refractivity contribution < 1.29 is 9.66 Å². The van der Waals surface area contributed by atoms with Crippen LogP contribution in [-0.4, -0.2) is 12.0 Å². The van der Waals surface area contributed by atoms with Gasteiger partial charge in [-0.25, -0.2) is 0 Å². The van der Waals surface area contributed by atoms with Crippen molar-refractivity contribution in [2.24, 2.45) is 0 Å². The van der Waals surface area contributed by atoms with Crippen LogP contribution in [0.15, 0.2) is 42.5 Å². The number of nitro benzene ring substituents is 1. The molecule has 2 rings (SSSR count). The SMILES string of the molecule is COc1ccc[c]c1-c1cccc([N+](=O)[O-])c1. The topological polar surface area (TPSA) is 52.4 Å².